The van der Waals surface area contributed by atoms with Gasteiger partial charge in [0.25, 0.3) is 5.91 Å². The van der Waals surface area contributed by atoms with Gasteiger partial charge in [-0.2, -0.15) is 0 Å². The van der Waals surface area contributed by atoms with Crippen LogP contribution in [0.25, 0.3) is 11.1 Å². The summed E-state index contributed by atoms with van der Waals surface area (Å²) in [5, 5.41) is 25.3. The van der Waals surface area contributed by atoms with Gasteiger partial charge in [-0.15, -0.1) is 0 Å². The number of rotatable bonds is 7. The SMILES string of the molecule is COCCNC(=O)c1cccc(-c2ccc(O)c3c2C[C@H]2C[C@H]4[C@H](N(C)C)C(=O)C(C(N)=O)C(=O)[C@@]4(O)C(=O)C2C3=O)c1. The van der Waals surface area contributed by atoms with Crippen LogP contribution in [0.3, 0.4) is 0 Å². The van der Waals surface area contributed by atoms with Gasteiger partial charge in [0.15, 0.2) is 34.7 Å². The molecular weight excluding hydrogens is 558 g/mol. The zero-order chi connectivity index (χ0) is 31.4. The van der Waals surface area contributed by atoms with Crippen LogP contribution >= 0.6 is 0 Å². The number of ether oxygens (including phenoxy) is 1. The van der Waals surface area contributed by atoms with Crippen molar-refractivity contribution in [1.29, 1.82) is 0 Å². The highest BCUT2D eigenvalue weighted by Crippen LogP contribution is 2.51. The van der Waals surface area contributed by atoms with Crippen LogP contribution in [0, 0.1) is 23.7 Å². The Kier molecular flexibility index (Phi) is 7.80. The Morgan fingerprint density at radius 2 is 1.84 bits per heavy atom. The van der Waals surface area contributed by atoms with E-state index in [1.807, 2.05) is 0 Å². The number of ketones is 4. The number of aromatic hydroxyl groups is 1. The normalized spacial score (nSPS) is 28.3. The maximum absolute atomic E-state index is 14.0. The van der Waals surface area contributed by atoms with Crippen molar-refractivity contribution in [1.82, 2.24) is 10.2 Å². The Labute approximate surface area is 247 Å². The first kappa shape index (κ1) is 30.2. The van der Waals surface area contributed by atoms with Crippen LogP contribution in [-0.2, 0) is 30.3 Å². The lowest BCUT2D eigenvalue weighted by Gasteiger charge is -2.52. The number of hydrogen-bond acceptors (Lipinski definition) is 10. The molecule has 0 spiro atoms. The lowest BCUT2D eigenvalue weighted by atomic mass is 9.52. The van der Waals surface area contributed by atoms with E-state index in [-0.39, 0.29) is 30.1 Å². The van der Waals surface area contributed by atoms with Gasteiger partial charge >= 0.3 is 0 Å². The van der Waals surface area contributed by atoms with Crippen LogP contribution in [-0.4, -0.2) is 96.1 Å². The third-order valence-corrected chi connectivity index (χ3v) is 8.97. The summed E-state index contributed by atoms with van der Waals surface area (Å²) < 4.78 is 4.97. The van der Waals surface area contributed by atoms with E-state index in [4.69, 9.17) is 10.5 Å². The van der Waals surface area contributed by atoms with Gasteiger partial charge in [0.2, 0.25) is 5.91 Å². The van der Waals surface area contributed by atoms with Crippen LogP contribution in [0.4, 0.5) is 0 Å². The van der Waals surface area contributed by atoms with Crippen molar-refractivity contribution in [3.63, 3.8) is 0 Å². The molecule has 12 heteroatoms. The van der Waals surface area contributed by atoms with Crippen molar-refractivity contribution in [2.45, 2.75) is 24.5 Å². The molecule has 0 saturated heterocycles. The van der Waals surface area contributed by atoms with E-state index < -0.39 is 64.4 Å². The number of nitrogens with two attached hydrogens (primary N) is 1. The topological polar surface area (TPSA) is 193 Å². The quantitative estimate of drug-likeness (QED) is 0.250. The predicted molar refractivity (Wildman–Crippen MR) is 151 cm³/mol. The first-order chi connectivity index (χ1) is 20.3. The summed E-state index contributed by atoms with van der Waals surface area (Å²) in [7, 11) is 4.59. The number of primary amides is 1. The number of phenolic OH excluding ortho intramolecular Hbond substituents is 1. The van der Waals surface area contributed by atoms with Gasteiger partial charge in [-0.1, -0.05) is 18.2 Å². The Morgan fingerprint density at radius 3 is 2.49 bits per heavy atom. The molecular formula is C31H33N3O9. The van der Waals surface area contributed by atoms with E-state index in [2.05, 4.69) is 5.32 Å². The third-order valence-electron chi connectivity index (χ3n) is 8.97. The van der Waals surface area contributed by atoms with Gasteiger partial charge in [-0.25, -0.2) is 0 Å². The third kappa shape index (κ3) is 4.66. The number of Topliss-reactive ketones (excluding diaryl/α,β-unsaturated/α-hetero) is 4. The first-order valence-corrected chi connectivity index (χ1v) is 13.9. The predicted octanol–water partition coefficient (Wildman–Crippen LogP) is -0.0898. The molecule has 2 saturated carbocycles. The lowest BCUT2D eigenvalue weighted by molar-refractivity contribution is -0.181. The summed E-state index contributed by atoms with van der Waals surface area (Å²) >= 11 is 0. The molecule has 5 N–H and O–H groups in total. The van der Waals surface area contributed by atoms with Gasteiger partial charge < -0.3 is 26.0 Å². The van der Waals surface area contributed by atoms with Crippen molar-refractivity contribution in [2.24, 2.45) is 29.4 Å². The number of nitrogens with zero attached hydrogens (tertiary/aromatic N) is 1. The summed E-state index contributed by atoms with van der Waals surface area (Å²) in [5.41, 5.74) is 4.44. The summed E-state index contributed by atoms with van der Waals surface area (Å²) in [4.78, 5) is 80.9. The van der Waals surface area contributed by atoms with Crippen molar-refractivity contribution in [2.75, 3.05) is 34.4 Å². The Balaban J connectivity index is 1.58. The fourth-order valence-electron chi connectivity index (χ4n) is 7.07. The van der Waals surface area contributed by atoms with Gasteiger partial charge in [-0.05, 0) is 67.7 Å². The molecule has 6 atom stereocenters. The molecule has 12 nitrogen and oxygen atoms in total. The second-order valence-electron chi connectivity index (χ2n) is 11.6. The fraction of sp³-hybridized carbons (Fsp3) is 0.419. The molecule has 3 aliphatic rings. The molecule has 2 unspecified atom stereocenters. The fourth-order valence-corrected chi connectivity index (χ4v) is 7.07. The first-order valence-electron chi connectivity index (χ1n) is 13.9. The van der Waals surface area contributed by atoms with Crippen LogP contribution in [0.15, 0.2) is 36.4 Å². The van der Waals surface area contributed by atoms with Crippen molar-refractivity contribution in [3.8, 4) is 16.9 Å². The lowest BCUT2D eigenvalue weighted by Crippen LogP contribution is -2.74. The summed E-state index contributed by atoms with van der Waals surface area (Å²) in [6.07, 6.45) is 0.0563. The molecule has 0 heterocycles. The minimum atomic E-state index is -2.78. The second-order valence-corrected chi connectivity index (χ2v) is 11.6. The number of likely N-dealkylation sites (N-methyl/N-ethyl adjacent to an activating group) is 1. The molecule has 0 aliphatic heterocycles. The Hall–Kier alpha value is -4.26. The summed E-state index contributed by atoms with van der Waals surface area (Å²) in [5.74, 6) is -11.4. The molecule has 0 bridgehead atoms. The smallest absolute Gasteiger partial charge is 0.251 e. The highest BCUT2D eigenvalue weighted by atomic mass is 16.5. The Bertz CT molecular complexity index is 1570. The number of nitrogens with one attached hydrogen (secondary N) is 1. The second kappa shape index (κ2) is 11.1. The van der Waals surface area contributed by atoms with E-state index in [9.17, 15) is 39.0 Å². The summed E-state index contributed by atoms with van der Waals surface area (Å²) in [6, 6.07) is 8.49. The molecule has 2 amide bonds. The van der Waals surface area contributed by atoms with E-state index in [1.54, 1.807) is 30.3 Å². The van der Waals surface area contributed by atoms with Crippen molar-refractivity contribution in [3.05, 3.63) is 53.1 Å². The standard InChI is InChI=1S/C31H33N3O9/c1-34(2)24-19-13-16-12-18-17(14-5-4-6-15(11-14)30(41)33-9-10-43-3)7-8-20(35)22(18)25(36)21(16)27(38)31(19,42)28(39)23(26(24)37)29(32)40/h4-8,11,16,19,21,23-24,35,42H,9-10,12-13H2,1-3H3,(H2,32,40)(H,33,41)/t16-,19-,21?,23?,24-,31-/m0/s1. The number of fused-ring (bicyclic) bond motifs is 3. The minimum absolute atomic E-state index is 0.0546. The maximum atomic E-state index is 14.0. The van der Waals surface area contributed by atoms with Crippen molar-refractivity contribution >= 4 is 34.9 Å². The molecule has 2 aromatic carbocycles. The zero-order valence-corrected chi connectivity index (χ0v) is 24.0. The van der Waals surface area contributed by atoms with Gasteiger partial charge in [0.05, 0.1) is 24.1 Å². The molecule has 3 aliphatic carbocycles. The van der Waals surface area contributed by atoms with Gasteiger partial charge in [-0.3, -0.25) is 33.7 Å². The van der Waals surface area contributed by atoms with Crippen molar-refractivity contribution < 1.29 is 43.7 Å². The molecule has 43 heavy (non-hydrogen) atoms. The van der Waals surface area contributed by atoms with E-state index in [1.165, 1.54) is 32.2 Å². The maximum Gasteiger partial charge on any atom is 0.251 e. The molecule has 5 rings (SSSR count). The van der Waals surface area contributed by atoms with Crippen LogP contribution in [0.1, 0.15) is 32.7 Å². The van der Waals surface area contributed by atoms with Gasteiger partial charge in [0.1, 0.15) is 5.75 Å². The van der Waals surface area contributed by atoms with Crippen LogP contribution in [0.5, 0.6) is 5.75 Å². The van der Waals surface area contributed by atoms with Gasteiger partial charge in [0, 0.05) is 25.1 Å². The van der Waals surface area contributed by atoms with Crippen LogP contribution < -0.4 is 11.1 Å². The number of carbonyl (C=O) groups excluding carboxylic acids is 6. The Morgan fingerprint density at radius 1 is 1.12 bits per heavy atom. The van der Waals surface area contributed by atoms with Crippen LogP contribution in [0.2, 0.25) is 0 Å². The van der Waals surface area contributed by atoms with E-state index in [0.29, 0.717) is 35.4 Å². The highest BCUT2D eigenvalue weighted by Gasteiger charge is 2.69. The largest absolute Gasteiger partial charge is 0.507 e. The van der Waals surface area contributed by atoms with E-state index in [0.717, 1.165) is 0 Å². The number of phenols is 1. The zero-order valence-electron chi connectivity index (χ0n) is 24.0. The molecule has 0 aromatic heterocycles. The number of benzene rings is 2. The number of carbonyl (C=O) groups is 6. The number of methoxy groups -OCH3 is 1. The molecule has 2 aromatic rings. The average Bonchev–Trinajstić information content (AvgIpc) is 2.95. The highest BCUT2D eigenvalue weighted by molar-refractivity contribution is 6.32. The average molecular weight is 592 g/mol. The molecule has 226 valence electrons. The minimum Gasteiger partial charge on any atom is -0.507 e. The number of amides is 2. The monoisotopic (exact) mass is 591 g/mol. The number of aliphatic hydroxyl groups is 1. The molecule has 0 radical (unpaired) electrons. The molecule has 2 fully saturated rings. The summed E-state index contributed by atoms with van der Waals surface area (Å²) in [6.45, 7) is 0.651. The number of hydrogen-bond donors (Lipinski definition) is 4. The van der Waals surface area contributed by atoms with E-state index >= 15 is 0 Å².